The molecule has 1 saturated heterocycles. The first-order chi connectivity index (χ1) is 12.6. The Bertz CT molecular complexity index is 746. The zero-order chi connectivity index (χ0) is 20.2. The number of aliphatic hydroxyl groups excluding tert-OH is 1. The minimum atomic E-state index is -0.747. The van der Waals surface area contributed by atoms with Crippen LogP contribution >= 0.6 is 11.6 Å². The fraction of sp³-hybridized carbons (Fsp3) is 0.500. The van der Waals surface area contributed by atoms with Gasteiger partial charge in [-0.2, -0.15) is 0 Å². The van der Waals surface area contributed by atoms with Crippen molar-refractivity contribution in [2.75, 3.05) is 13.1 Å². The minimum Gasteiger partial charge on any atom is -0.391 e. The molecule has 1 aliphatic rings. The summed E-state index contributed by atoms with van der Waals surface area (Å²) in [5.41, 5.74) is 6.40. The van der Waals surface area contributed by atoms with Gasteiger partial charge in [0.25, 0.3) is 0 Å². The largest absolute Gasteiger partial charge is 0.391 e. The molecule has 0 radical (unpaired) electrons. The van der Waals surface area contributed by atoms with E-state index in [0.29, 0.717) is 5.02 Å². The molecule has 0 bridgehead atoms. The summed E-state index contributed by atoms with van der Waals surface area (Å²) in [5.74, 6) is 5.12. The van der Waals surface area contributed by atoms with E-state index in [-0.39, 0.29) is 31.3 Å². The van der Waals surface area contributed by atoms with Crippen LogP contribution in [0.3, 0.4) is 0 Å². The van der Waals surface area contributed by atoms with Crippen LogP contribution in [0.2, 0.25) is 5.02 Å². The average molecular weight is 392 g/mol. The first-order valence-corrected chi connectivity index (χ1v) is 9.23. The predicted octanol–water partition coefficient (Wildman–Crippen LogP) is 1.14. The summed E-state index contributed by atoms with van der Waals surface area (Å²) in [6, 6.07) is 5.58. The number of aliphatic hydroxyl groups is 1. The van der Waals surface area contributed by atoms with Crippen LogP contribution in [0.1, 0.15) is 32.8 Å². The van der Waals surface area contributed by atoms with Crippen LogP contribution in [0.15, 0.2) is 24.3 Å². The number of nitrogens with zero attached hydrogens (tertiary/aromatic N) is 1. The molecule has 1 heterocycles. The second kappa shape index (κ2) is 8.75. The van der Waals surface area contributed by atoms with Crippen LogP contribution in [-0.2, 0) is 9.59 Å². The average Bonchev–Trinajstić information content (AvgIpc) is 3.00. The van der Waals surface area contributed by atoms with E-state index < -0.39 is 23.6 Å². The molecule has 1 aromatic rings. The van der Waals surface area contributed by atoms with Gasteiger partial charge in [-0.3, -0.25) is 9.59 Å². The third kappa shape index (κ3) is 5.70. The highest BCUT2D eigenvalue weighted by atomic mass is 35.5. The van der Waals surface area contributed by atoms with Crippen molar-refractivity contribution in [1.82, 2.24) is 10.2 Å². The van der Waals surface area contributed by atoms with Gasteiger partial charge >= 0.3 is 0 Å². The molecule has 4 N–H and O–H groups in total. The minimum absolute atomic E-state index is 0.108. The van der Waals surface area contributed by atoms with Crippen LogP contribution in [0.5, 0.6) is 0 Å². The Morgan fingerprint density at radius 3 is 2.59 bits per heavy atom. The van der Waals surface area contributed by atoms with Crippen molar-refractivity contribution >= 4 is 23.4 Å². The van der Waals surface area contributed by atoms with Crippen LogP contribution in [0.25, 0.3) is 0 Å². The zero-order valence-corrected chi connectivity index (χ0v) is 16.6. The van der Waals surface area contributed by atoms with Gasteiger partial charge in [0.05, 0.1) is 18.7 Å². The van der Waals surface area contributed by atoms with Crippen molar-refractivity contribution in [3.8, 4) is 11.8 Å². The standard InChI is InChI=1S/C20H26ClN3O3/c1-20(2,3)17(22)19(27)24-12-15(25)11-16(24)18(26)23-10-4-5-13-6-8-14(21)9-7-13/h6-9,15-17,25H,10-12,22H2,1-3H3,(H,23,26)/t15-,16+,17-/m1/s1. The van der Waals surface area contributed by atoms with Crippen molar-refractivity contribution in [2.45, 2.75) is 45.4 Å². The normalized spacial score (nSPS) is 20.6. The fourth-order valence-corrected chi connectivity index (χ4v) is 2.91. The van der Waals surface area contributed by atoms with Gasteiger partial charge in [0.15, 0.2) is 0 Å². The molecule has 3 atom stereocenters. The highest BCUT2D eigenvalue weighted by Crippen LogP contribution is 2.24. The number of rotatable bonds is 3. The van der Waals surface area contributed by atoms with E-state index in [2.05, 4.69) is 17.2 Å². The van der Waals surface area contributed by atoms with E-state index in [9.17, 15) is 14.7 Å². The number of β-amino-alcohol motifs (C(OH)–C–C–N with tert-alkyl or cyclic N) is 1. The summed E-state index contributed by atoms with van der Waals surface area (Å²) in [4.78, 5) is 26.5. The molecular formula is C20H26ClN3O3. The van der Waals surface area contributed by atoms with Crippen LogP contribution in [0, 0.1) is 17.3 Å². The quantitative estimate of drug-likeness (QED) is 0.673. The van der Waals surface area contributed by atoms with Gasteiger partial charge in [-0.15, -0.1) is 0 Å². The van der Waals surface area contributed by atoms with Crippen LogP contribution in [-0.4, -0.2) is 53.1 Å². The maximum atomic E-state index is 12.7. The lowest BCUT2D eigenvalue weighted by atomic mass is 9.86. The third-order valence-corrected chi connectivity index (χ3v) is 4.74. The molecule has 0 unspecified atom stereocenters. The number of nitrogens with one attached hydrogen (secondary N) is 1. The molecule has 0 spiro atoms. The number of likely N-dealkylation sites (tertiary alicyclic amines) is 1. The van der Waals surface area contributed by atoms with E-state index in [1.165, 1.54) is 4.90 Å². The van der Waals surface area contributed by atoms with Gasteiger partial charge in [-0.1, -0.05) is 44.2 Å². The molecule has 1 aliphatic heterocycles. The molecular weight excluding hydrogens is 366 g/mol. The maximum Gasteiger partial charge on any atom is 0.243 e. The number of hydrogen-bond acceptors (Lipinski definition) is 4. The lowest BCUT2D eigenvalue weighted by Gasteiger charge is -2.32. The van der Waals surface area contributed by atoms with E-state index >= 15 is 0 Å². The Hall–Kier alpha value is -2.07. The number of carbonyl (C=O) groups excluding carboxylic acids is 2. The van der Waals surface area contributed by atoms with Crippen molar-refractivity contribution in [1.29, 1.82) is 0 Å². The summed E-state index contributed by atoms with van der Waals surface area (Å²) in [6.07, 6.45) is -0.545. The maximum absolute atomic E-state index is 12.7. The smallest absolute Gasteiger partial charge is 0.243 e. The van der Waals surface area contributed by atoms with E-state index in [0.717, 1.165) is 5.56 Å². The number of nitrogens with two attached hydrogens (primary N) is 1. The van der Waals surface area contributed by atoms with Crippen molar-refractivity contribution in [3.63, 3.8) is 0 Å². The van der Waals surface area contributed by atoms with Crippen LogP contribution in [0.4, 0.5) is 0 Å². The Balaban J connectivity index is 1.97. The molecule has 2 amide bonds. The topological polar surface area (TPSA) is 95.7 Å². The number of benzene rings is 1. The summed E-state index contributed by atoms with van der Waals surface area (Å²) in [5, 5.41) is 13.3. The van der Waals surface area contributed by atoms with Crippen molar-refractivity contribution in [3.05, 3.63) is 34.9 Å². The van der Waals surface area contributed by atoms with Gasteiger partial charge in [0.2, 0.25) is 11.8 Å². The molecule has 146 valence electrons. The number of carbonyl (C=O) groups is 2. The number of amides is 2. The summed E-state index contributed by atoms with van der Waals surface area (Å²) >= 11 is 5.82. The van der Waals surface area contributed by atoms with E-state index in [4.69, 9.17) is 17.3 Å². The first-order valence-electron chi connectivity index (χ1n) is 8.86. The molecule has 0 saturated carbocycles. The molecule has 1 aromatic carbocycles. The summed E-state index contributed by atoms with van der Waals surface area (Å²) in [6.45, 7) is 5.84. The van der Waals surface area contributed by atoms with Gasteiger partial charge in [-0.05, 0) is 29.7 Å². The van der Waals surface area contributed by atoms with Gasteiger partial charge in [-0.25, -0.2) is 0 Å². The molecule has 27 heavy (non-hydrogen) atoms. The molecule has 6 nitrogen and oxygen atoms in total. The Labute approximate surface area is 165 Å². The second-order valence-electron chi connectivity index (χ2n) is 7.77. The Kier molecular flexibility index (Phi) is 6.88. The highest BCUT2D eigenvalue weighted by molar-refractivity contribution is 6.30. The summed E-state index contributed by atoms with van der Waals surface area (Å²) < 4.78 is 0. The molecule has 0 aliphatic carbocycles. The lowest BCUT2D eigenvalue weighted by Crippen LogP contribution is -2.55. The highest BCUT2D eigenvalue weighted by Gasteiger charge is 2.42. The monoisotopic (exact) mass is 391 g/mol. The second-order valence-corrected chi connectivity index (χ2v) is 8.20. The van der Waals surface area contributed by atoms with Crippen LogP contribution < -0.4 is 11.1 Å². The van der Waals surface area contributed by atoms with E-state index in [1.807, 2.05) is 20.8 Å². The molecule has 1 fully saturated rings. The number of halogens is 1. The van der Waals surface area contributed by atoms with Gasteiger partial charge in [0, 0.05) is 23.6 Å². The van der Waals surface area contributed by atoms with Gasteiger partial charge < -0.3 is 21.1 Å². The van der Waals surface area contributed by atoms with E-state index in [1.54, 1.807) is 24.3 Å². The Morgan fingerprint density at radius 2 is 2.00 bits per heavy atom. The lowest BCUT2D eigenvalue weighted by molar-refractivity contribution is -0.141. The van der Waals surface area contributed by atoms with Crippen molar-refractivity contribution in [2.24, 2.45) is 11.1 Å². The van der Waals surface area contributed by atoms with Crippen molar-refractivity contribution < 1.29 is 14.7 Å². The molecule has 0 aromatic heterocycles. The SMILES string of the molecule is CC(C)(C)[C@H](N)C(=O)N1C[C@H](O)C[C@H]1C(=O)NCC#Cc1ccc(Cl)cc1. The number of hydrogen-bond donors (Lipinski definition) is 3. The summed E-state index contributed by atoms with van der Waals surface area (Å²) in [7, 11) is 0. The molecule has 7 heteroatoms. The molecule has 2 rings (SSSR count). The Morgan fingerprint density at radius 1 is 1.37 bits per heavy atom. The first kappa shape index (κ1) is 21.2. The van der Waals surface area contributed by atoms with Gasteiger partial charge in [0.1, 0.15) is 6.04 Å². The third-order valence-electron chi connectivity index (χ3n) is 4.49. The predicted molar refractivity (Wildman–Crippen MR) is 105 cm³/mol. The fourth-order valence-electron chi connectivity index (χ4n) is 2.78. The zero-order valence-electron chi connectivity index (χ0n) is 15.8.